The van der Waals surface area contributed by atoms with Crippen molar-refractivity contribution in [1.82, 2.24) is 40.2 Å². The molecule has 0 aliphatic heterocycles. The summed E-state index contributed by atoms with van der Waals surface area (Å²) >= 11 is 1.31. The molecular weight excluding hydrogens is 510 g/mol. The van der Waals surface area contributed by atoms with E-state index in [0.717, 1.165) is 39.2 Å². The van der Waals surface area contributed by atoms with E-state index >= 15 is 0 Å². The molecule has 0 aliphatic carbocycles. The van der Waals surface area contributed by atoms with E-state index in [2.05, 4.69) is 35.6 Å². The zero-order chi connectivity index (χ0) is 26.3. The van der Waals surface area contributed by atoms with Crippen LogP contribution in [0.4, 0.5) is 5.13 Å². The van der Waals surface area contributed by atoms with Gasteiger partial charge in [0.25, 0.3) is 0 Å². The molecule has 0 amide bonds. The number of furan rings is 1. The van der Waals surface area contributed by atoms with Gasteiger partial charge in [0, 0.05) is 11.1 Å². The molecular formula is C28H19N9OS. The van der Waals surface area contributed by atoms with Gasteiger partial charge in [0.2, 0.25) is 10.8 Å². The topological polar surface area (TPSA) is 120 Å². The molecule has 0 N–H and O–H groups in total. The van der Waals surface area contributed by atoms with Crippen LogP contribution in [0.5, 0.6) is 0 Å². The highest BCUT2D eigenvalue weighted by Crippen LogP contribution is 2.38. The largest absolute Gasteiger partial charge is 0.460 e. The van der Waals surface area contributed by atoms with Crippen LogP contribution in [0.2, 0.25) is 0 Å². The first kappa shape index (κ1) is 23.0. The van der Waals surface area contributed by atoms with Crippen molar-refractivity contribution >= 4 is 39.4 Å². The van der Waals surface area contributed by atoms with Crippen LogP contribution in [-0.2, 0) is 0 Å². The highest BCUT2D eigenvalue weighted by molar-refractivity contribution is 7.18. The van der Waals surface area contributed by atoms with Crippen molar-refractivity contribution in [2.75, 3.05) is 0 Å². The summed E-state index contributed by atoms with van der Waals surface area (Å²) in [6.07, 6.45) is 1.62. The zero-order valence-corrected chi connectivity index (χ0v) is 21.7. The molecule has 0 aliphatic rings. The molecule has 0 unspecified atom stereocenters. The predicted molar refractivity (Wildman–Crippen MR) is 149 cm³/mol. The first-order valence-electron chi connectivity index (χ1n) is 12.1. The standard InChI is InChI=1S/C28H19N9OS/c1-16-13-14-20(38-16)15-29-28-35-34-27(39-28)23-17(2)37-26(33-30-23)22-21(18-9-5-3-6-10-18)24(31-32-25(22)36-37)19-11-7-4-8-12-19/h3-15H,1-2H3/b29-15+. The van der Waals surface area contributed by atoms with Gasteiger partial charge in [0.05, 0.1) is 17.3 Å². The molecule has 0 atom stereocenters. The normalized spacial score (nSPS) is 11.7. The number of benzene rings is 2. The molecule has 0 bridgehead atoms. The lowest BCUT2D eigenvalue weighted by molar-refractivity contribution is 0.528. The minimum atomic E-state index is 0.482. The Labute approximate surface area is 225 Å². The van der Waals surface area contributed by atoms with Gasteiger partial charge in [0.15, 0.2) is 10.7 Å². The van der Waals surface area contributed by atoms with E-state index in [0.29, 0.717) is 32.9 Å². The molecule has 0 fully saturated rings. The summed E-state index contributed by atoms with van der Waals surface area (Å²) in [6.45, 7) is 3.81. The summed E-state index contributed by atoms with van der Waals surface area (Å²) in [5, 5.41) is 33.3. The maximum atomic E-state index is 5.53. The second-order valence-corrected chi connectivity index (χ2v) is 9.78. The van der Waals surface area contributed by atoms with Crippen molar-refractivity contribution in [3.05, 3.63) is 90.0 Å². The lowest BCUT2D eigenvalue weighted by Gasteiger charge is -2.09. The fourth-order valence-corrected chi connectivity index (χ4v) is 5.17. The molecule has 7 rings (SSSR count). The van der Waals surface area contributed by atoms with Gasteiger partial charge in [-0.3, -0.25) is 0 Å². The van der Waals surface area contributed by atoms with Crippen molar-refractivity contribution in [2.24, 2.45) is 4.99 Å². The van der Waals surface area contributed by atoms with E-state index in [1.807, 2.05) is 86.6 Å². The summed E-state index contributed by atoms with van der Waals surface area (Å²) < 4.78 is 7.28. The Morgan fingerprint density at radius 1 is 0.769 bits per heavy atom. The summed E-state index contributed by atoms with van der Waals surface area (Å²) in [5.41, 5.74) is 6.01. The fourth-order valence-electron chi connectivity index (χ4n) is 4.44. The molecule has 10 nitrogen and oxygen atoms in total. The monoisotopic (exact) mass is 529 g/mol. The van der Waals surface area contributed by atoms with E-state index in [9.17, 15) is 0 Å². The third-order valence-corrected chi connectivity index (χ3v) is 7.11. The zero-order valence-electron chi connectivity index (χ0n) is 20.8. The summed E-state index contributed by atoms with van der Waals surface area (Å²) in [5.74, 6) is 1.46. The first-order chi connectivity index (χ1) is 19.2. The predicted octanol–water partition coefficient (Wildman–Crippen LogP) is 5.88. The SMILES string of the molecule is Cc1ccc(/C=N/c2nnc(-c3nnc4c5c(-c6ccccc6)c(-c6ccccc6)nnc5nn4c3C)s2)o1. The van der Waals surface area contributed by atoms with Crippen molar-refractivity contribution < 1.29 is 4.42 Å². The Morgan fingerprint density at radius 3 is 2.26 bits per heavy atom. The number of aromatic nitrogens is 8. The van der Waals surface area contributed by atoms with E-state index in [4.69, 9.17) is 9.52 Å². The summed E-state index contributed by atoms with van der Waals surface area (Å²) in [6, 6.07) is 23.8. The highest BCUT2D eigenvalue weighted by atomic mass is 32.1. The minimum Gasteiger partial charge on any atom is -0.460 e. The van der Waals surface area contributed by atoms with Gasteiger partial charge < -0.3 is 4.42 Å². The van der Waals surface area contributed by atoms with E-state index in [1.54, 1.807) is 10.7 Å². The van der Waals surface area contributed by atoms with Crippen LogP contribution in [0.3, 0.4) is 0 Å². The van der Waals surface area contributed by atoms with Crippen LogP contribution in [0.15, 0.2) is 82.2 Å². The summed E-state index contributed by atoms with van der Waals surface area (Å²) in [7, 11) is 0. The number of nitrogens with zero attached hydrogens (tertiary/aromatic N) is 9. The third-order valence-electron chi connectivity index (χ3n) is 6.27. The lowest BCUT2D eigenvalue weighted by Crippen LogP contribution is -2.02. The number of aliphatic imine (C=N–C) groups is 1. The Bertz CT molecular complexity index is 1990. The van der Waals surface area contributed by atoms with Crippen molar-refractivity contribution in [3.63, 3.8) is 0 Å². The molecule has 0 saturated heterocycles. The Kier molecular flexibility index (Phi) is 5.48. The van der Waals surface area contributed by atoms with E-state index < -0.39 is 0 Å². The molecule has 5 heterocycles. The fraction of sp³-hybridized carbons (Fsp3) is 0.0714. The second-order valence-electron chi connectivity index (χ2n) is 8.82. The number of rotatable bonds is 5. The van der Waals surface area contributed by atoms with Gasteiger partial charge in [-0.1, -0.05) is 72.0 Å². The van der Waals surface area contributed by atoms with Crippen LogP contribution in [-0.4, -0.2) is 46.4 Å². The summed E-state index contributed by atoms with van der Waals surface area (Å²) in [4.78, 5) is 4.38. The van der Waals surface area contributed by atoms with Crippen LogP contribution >= 0.6 is 11.3 Å². The van der Waals surface area contributed by atoms with Gasteiger partial charge in [-0.15, -0.1) is 35.7 Å². The molecule has 0 radical (unpaired) electrons. The maximum absolute atomic E-state index is 5.53. The molecule has 2 aromatic carbocycles. The smallest absolute Gasteiger partial charge is 0.232 e. The van der Waals surface area contributed by atoms with Crippen LogP contribution in [0.1, 0.15) is 17.2 Å². The first-order valence-corrected chi connectivity index (χ1v) is 12.9. The number of aryl methyl sites for hydroxylation is 2. The molecule has 0 saturated carbocycles. The highest BCUT2D eigenvalue weighted by Gasteiger charge is 2.23. The van der Waals surface area contributed by atoms with Gasteiger partial charge in [0.1, 0.15) is 22.9 Å². The van der Waals surface area contributed by atoms with Gasteiger partial charge >= 0.3 is 0 Å². The molecule has 5 aromatic heterocycles. The number of hydrogen-bond donors (Lipinski definition) is 0. The second kappa shape index (κ2) is 9.30. The Morgan fingerprint density at radius 2 is 1.51 bits per heavy atom. The maximum Gasteiger partial charge on any atom is 0.232 e. The van der Waals surface area contributed by atoms with E-state index in [-0.39, 0.29) is 0 Å². The number of hydrogen-bond acceptors (Lipinski definition) is 10. The minimum absolute atomic E-state index is 0.482. The molecule has 0 spiro atoms. The van der Waals surface area contributed by atoms with Gasteiger partial charge in [-0.2, -0.15) is 0 Å². The number of fused-ring (bicyclic) bond motifs is 3. The van der Waals surface area contributed by atoms with Crippen LogP contribution < -0.4 is 0 Å². The Hall–Kier alpha value is -5.16. The van der Waals surface area contributed by atoms with Gasteiger partial charge in [-0.05, 0) is 31.5 Å². The van der Waals surface area contributed by atoms with Crippen LogP contribution in [0, 0.1) is 13.8 Å². The molecule has 11 heteroatoms. The van der Waals surface area contributed by atoms with Crippen LogP contribution in [0.25, 0.3) is 49.8 Å². The van der Waals surface area contributed by atoms with Crippen molar-refractivity contribution in [1.29, 1.82) is 0 Å². The van der Waals surface area contributed by atoms with Crippen molar-refractivity contribution in [2.45, 2.75) is 13.8 Å². The molecule has 7 aromatic rings. The lowest BCUT2D eigenvalue weighted by atomic mass is 9.97. The quantitative estimate of drug-likeness (QED) is 0.254. The van der Waals surface area contributed by atoms with Crippen molar-refractivity contribution in [3.8, 4) is 33.1 Å². The Balaban J connectivity index is 1.37. The molecule has 188 valence electrons. The van der Waals surface area contributed by atoms with E-state index in [1.165, 1.54) is 11.3 Å². The third kappa shape index (κ3) is 4.05. The molecule has 39 heavy (non-hydrogen) atoms. The average Bonchev–Trinajstić information content (AvgIpc) is 3.71. The van der Waals surface area contributed by atoms with Gasteiger partial charge in [-0.25, -0.2) is 9.51 Å². The average molecular weight is 530 g/mol.